The van der Waals surface area contributed by atoms with Gasteiger partial charge < -0.3 is 4.98 Å². The zero-order valence-electron chi connectivity index (χ0n) is 13.1. The third-order valence-corrected chi connectivity index (χ3v) is 5.50. The van der Waals surface area contributed by atoms with Crippen molar-refractivity contribution in [1.29, 1.82) is 0 Å². The van der Waals surface area contributed by atoms with Crippen molar-refractivity contribution < 1.29 is 12.8 Å². The van der Waals surface area contributed by atoms with E-state index < -0.39 is 15.8 Å². The molecule has 2 N–H and O–H groups in total. The van der Waals surface area contributed by atoms with Gasteiger partial charge in [0.15, 0.2) is 0 Å². The summed E-state index contributed by atoms with van der Waals surface area (Å²) in [5, 5.41) is 4.97. The summed E-state index contributed by atoms with van der Waals surface area (Å²) in [5.41, 5.74) is 0.666. The molecular formula is C17H12ClFN4O2S. The standard InChI is InChI=1S/C17H12ClFN4O2S/c18-11-5-6-12-14(9-11)20-10-16(12)26(24,25)22-17-13(19)3-1-4-15(17)23-8-2-7-21-23/h1-10,20,22H. The Hall–Kier alpha value is -2.84. The molecule has 26 heavy (non-hydrogen) atoms. The van der Waals surface area contributed by atoms with Crippen LogP contribution in [0.2, 0.25) is 5.02 Å². The SMILES string of the molecule is O=S(=O)(Nc1c(F)cccc1-n1cccn1)c1c[nH]c2cc(Cl)ccc12. The first-order valence-electron chi connectivity index (χ1n) is 7.54. The number of aromatic nitrogens is 3. The molecule has 2 aromatic carbocycles. The van der Waals surface area contributed by atoms with Gasteiger partial charge in [-0.25, -0.2) is 17.5 Å². The van der Waals surface area contributed by atoms with E-state index in [2.05, 4.69) is 14.8 Å². The maximum atomic E-state index is 14.4. The number of nitrogens with one attached hydrogen (secondary N) is 2. The van der Waals surface area contributed by atoms with Gasteiger partial charge in [-0.2, -0.15) is 5.10 Å². The molecule has 0 aliphatic rings. The van der Waals surface area contributed by atoms with Gasteiger partial charge in [-0.3, -0.25) is 4.72 Å². The van der Waals surface area contributed by atoms with Crippen molar-refractivity contribution in [1.82, 2.24) is 14.8 Å². The van der Waals surface area contributed by atoms with Crippen molar-refractivity contribution in [2.45, 2.75) is 4.90 Å². The van der Waals surface area contributed by atoms with Crippen LogP contribution in [0.3, 0.4) is 0 Å². The fourth-order valence-electron chi connectivity index (χ4n) is 2.70. The lowest BCUT2D eigenvalue weighted by Gasteiger charge is -2.13. The summed E-state index contributed by atoms with van der Waals surface area (Å²) in [4.78, 5) is 2.86. The van der Waals surface area contributed by atoms with Crippen LogP contribution in [0.5, 0.6) is 0 Å². The first-order chi connectivity index (χ1) is 12.5. The predicted molar refractivity (Wildman–Crippen MR) is 97.6 cm³/mol. The molecule has 2 heterocycles. The molecule has 2 aromatic heterocycles. The average molecular weight is 391 g/mol. The molecule has 0 amide bonds. The quantitative estimate of drug-likeness (QED) is 0.553. The summed E-state index contributed by atoms with van der Waals surface area (Å²) in [5.74, 6) is -0.704. The second kappa shape index (κ2) is 6.15. The molecule has 0 fully saturated rings. The summed E-state index contributed by atoms with van der Waals surface area (Å²) < 4.78 is 43.9. The first kappa shape index (κ1) is 16.6. The number of aromatic amines is 1. The van der Waals surface area contributed by atoms with Crippen LogP contribution in [0.25, 0.3) is 16.6 Å². The highest BCUT2D eigenvalue weighted by molar-refractivity contribution is 7.93. The third kappa shape index (κ3) is 2.83. The number of rotatable bonds is 4. The van der Waals surface area contributed by atoms with Crippen LogP contribution in [-0.2, 0) is 10.0 Å². The molecule has 0 unspecified atom stereocenters. The summed E-state index contributed by atoms with van der Waals surface area (Å²) in [6.45, 7) is 0. The highest BCUT2D eigenvalue weighted by Crippen LogP contribution is 2.30. The Morgan fingerprint density at radius 1 is 1.19 bits per heavy atom. The Bertz CT molecular complexity index is 1200. The lowest BCUT2D eigenvalue weighted by Crippen LogP contribution is -2.16. The van der Waals surface area contributed by atoms with Gasteiger partial charge in [-0.05, 0) is 36.4 Å². The van der Waals surface area contributed by atoms with E-state index in [-0.39, 0.29) is 16.3 Å². The number of fused-ring (bicyclic) bond motifs is 1. The molecule has 0 aliphatic carbocycles. The van der Waals surface area contributed by atoms with E-state index in [0.29, 0.717) is 15.9 Å². The Morgan fingerprint density at radius 3 is 2.81 bits per heavy atom. The van der Waals surface area contributed by atoms with E-state index >= 15 is 0 Å². The Labute approximate surface area is 153 Å². The van der Waals surface area contributed by atoms with Crippen molar-refractivity contribution in [3.05, 3.63) is 71.9 Å². The topological polar surface area (TPSA) is 79.8 Å². The second-order valence-corrected chi connectivity index (χ2v) is 7.62. The van der Waals surface area contributed by atoms with Gasteiger partial charge in [0.05, 0.1) is 5.69 Å². The van der Waals surface area contributed by atoms with Gasteiger partial charge >= 0.3 is 0 Å². The van der Waals surface area contributed by atoms with Crippen LogP contribution >= 0.6 is 11.6 Å². The normalized spacial score (nSPS) is 11.8. The Balaban J connectivity index is 1.82. The molecule has 6 nitrogen and oxygen atoms in total. The molecule has 0 bridgehead atoms. The molecule has 0 spiro atoms. The molecule has 132 valence electrons. The van der Waals surface area contributed by atoms with Crippen LogP contribution in [0.1, 0.15) is 0 Å². The van der Waals surface area contributed by atoms with Crippen molar-refractivity contribution in [3.63, 3.8) is 0 Å². The summed E-state index contributed by atoms with van der Waals surface area (Å²) in [6.07, 6.45) is 4.46. The number of H-pyrrole nitrogens is 1. The van der Waals surface area contributed by atoms with Crippen molar-refractivity contribution in [2.24, 2.45) is 0 Å². The van der Waals surface area contributed by atoms with Crippen molar-refractivity contribution >= 4 is 38.2 Å². The number of sulfonamides is 1. The van der Waals surface area contributed by atoms with Crippen LogP contribution < -0.4 is 4.72 Å². The van der Waals surface area contributed by atoms with E-state index in [0.717, 1.165) is 0 Å². The third-order valence-electron chi connectivity index (χ3n) is 3.87. The minimum absolute atomic E-state index is 0.00108. The number of anilines is 1. The minimum atomic E-state index is -4.05. The van der Waals surface area contributed by atoms with Gasteiger partial charge in [0, 0.05) is 34.5 Å². The van der Waals surface area contributed by atoms with E-state index in [4.69, 9.17) is 11.6 Å². The number of hydrogen-bond acceptors (Lipinski definition) is 3. The van der Waals surface area contributed by atoms with Crippen LogP contribution in [-0.4, -0.2) is 23.2 Å². The molecule has 9 heteroatoms. The van der Waals surface area contributed by atoms with E-state index in [1.54, 1.807) is 36.5 Å². The van der Waals surface area contributed by atoms with Crippen LogP contribution in [0.15, 0.2) is 66.0 Å². The molecule has 0 saturated heterocycles. The summed E-state index contributed by atoms with van der Waals surface area (Å²) in [6, 6.07) is 10.7. The van der Waals surface area contributed by atoms with E-state index in [1.165, 1.54) is 29.2 Å². The number of hydrogen-bond donors (Lipinski definition) is 2. The second-order valence-electron chi connectivity index (χ2n) is 5.53. The average Bonchev–Trinajstić information content (AvgIpc) is 3.25. The molecule has 0 atom stereocenters. The maximum absolute atomic E-state index is 14.4. The smallest absolute Gasteiger partial charge is 0.264 e. The van der Waals surface area contributed by atoms with Gasteiger partial charge in [0.2, 0.25) is 0 Å². The zero-order chi connectivity index (χ0) is 18.3. The molecule has 0 radical (unpaired) electrons. The molecule has 4 aromatic rings. The molecule has 4 rings (SSSR count). The van der Waals surface area contributed by atoms with Crippen LogP contribution in [0.4, 0.5) is 10.1 Å². The number of para-hydroxylation sites is 1. The first-order valence-corrected chi connectivity index (χ1v) is 9.40. The lowest BCUT2D eigenvalue weighted by atomic mass is 10.2. The van der Waals surface area contributed by atoms with Crippen LogP contribution in [0, 0.1) is 5.82 Å². The number of benzene rings is 2. The van der Waals surface area contributed by atoms with E-state index in [9.17, 15) is 12.8 Å². The largest absolute Gasteiger partial charge is 0.360 e. The Kier molecular flexibility index (Phi) is 3.93. The summed E-state index contributed by atoms with van der Waals surface area (Å²) in [7, 11) is -4.05. The number of halogens is 2. The van der Waals surface area contributed by atoms with Gasteiger partial charge in [-0.1, -0.05) is 17.7 Å². The fourth-order valence-corrected chi connectivity index (χ4v) is 4.13. The van der Waals surface area contributed by atoms with Crippen molar-refractivity contribution in [3.8, 4) is 5.69 Å². The van der Waals surface area contributed by atoms with Gasteiger partial charge in [-0.15, -0.1) is 0 Å². The highest BCUT2D eigenvalue weighted by Gasteiger charge is 2.23. The lowest BCUT2D eigenvalue weighted by molar-refractivity contribution is 0.599. The maximum Gasteiger partial charge on any atom is 0.264 e. The fraction of sp³-hybridized carbons (Fsp3) is 0. The zero-order valence-corrected chi connectivity index (χ0v) is 14.7. The molecule has 0 aliphatic heterocycles. The van der Waals surface area contributed by atoms with Gasteiger partial charge in [0.1, 0.15) is 16.4 Å². The summed E-state index contributed by atoms with van der Waals surface area (Å²) >= 11 is 5.93. The minimum Gasteiger partial charge on any atom is -0.360 e. The monoisotopic (exact) mass is 390 g/mol. The predicted octanol–water partition coefficient (Wildman–Crippen LogP) is 3.95. The molecule has 0 saturated carbocycles. The molecular weight excluding hydrogens is 379 g/mol. The van der Waals surface area contributed by atoms with Gasteiger partial charge in [0.25, 0.3) is 10.0 Å². The Morgan fingerprint density at radius 2 is 2.04 bits per heavy atom. The van der Waals surface area contributed by atoms with E-state index in [1.807, 2.05) is 0 Å². The highest BCUT2D eigenvalue weighted by atomic mass is 35.5. The number of nitrogens with zero attached hydrogens (tertiary/aromatic N) is 2. The van der Waals surface area contributed by atoms with Crippen molar-refractivity contribution in [2.75, 3.05) is 4.72 Å².